The fraction of sp³-hybridized carbons (Fsp3) is 0.562. The van der Waals surface area contributed by atoms with E-state index in [1.807, 2.05) is 34.8 Å². The smallest absolute Gasteiger partial charge is 0.270 e. The molecule has 1 unspecified atom stereocenters. The Morgan fingerprint density at radius 2 is 2.17 bits per heavy atom. The minimum atomic E-state index is 0.0630. The lowest BCUT2D eigenvalue weighted by Gasteiger charge is -2.37. The number of aryl methyl sites for hydroxylation is 1. The van der Waals surface area contributed by atoms with E-state index in [1.165, 1.54) is 6.42 Å². The first-order valence-electron chi connectivity index (χ1n) is 8.08. The number of hydrogen-bond acceptors (Lipinski definition) is 5. The van der Waals surface area contributed by atoms with E-state index < -0.39 is 0 Å². The molecule has 4 rings (SSSR count). The minimum Gasteiger partial charge on any atom is -0.347 e. The highest BCUT2D eigenvalue weighted by atomic mass is 16.5. The average Bonchev–Trinajstić information content (AvgIpc) is 3.18. The van der Waals surface area contributed by atoms with Crippen LogP contribution >= 0.6 is 0 Å². The molecule has 122 valence electrons. The molecule has 2 aliphatic heterocycles. The van der Waals surface area contributed by atoms with Gasteiger partial charge in [0.05, 0.1) is 12.0 Å². The summed E-state index contributed by atoms with van der Waals surface area (Å²) in [7, 11) is 3.97. The third kappa shape index (κ3) is 2.45. The molecule has 1 atom stereocenters. The SMILES string of the molecule is CN1CCCC1c1nc(C2CN(C(=O)c3cccn3C)C2)no1. The van der Waals surface area contributed by atoms with Gasteiger partial charge in [-0.25, -0.2) is 0 Å². The van der Waals surface area contributed by atoms with Crippen LogP contribution in [-0.4, -0.2) is 57.1 Å². The van der Waals surface area contributed by atoms with Crippen molar-refractivity contribution in [2.75, 3.05) is 26.7 Å². The van der Waals surface area contributed by atoms with Gasteiger partial charge in [-0.2, -0.15) is 4.98 Å². The summed E-state index contributed by atoms with van der Waals surface area (Å²) in [6.07, 6.45) is 4.12. The van der Waals surface area contributed by atoms with Gasteiger partial charge in [0.15, 0.2) is 5.82 Å². The predicted octanol–water partition coefficient (Wildman–Crippen LogP) is 1.41. The van der Waals surface area contributed by atoms with Crippen molar-refractivity contribution in [1.29, 1.82) is 0 Å². The Hall–Kier alpha value is -2.15. The van der Waals surface area contributed by atoms with E-state index in [9.17, 15) is 4.79 Å². The number of likely N-dealkylation sites (tertiary alicyclic amines) is 2. The van der Waals surface area contributed by atoms with E-state index in [0.29, 0.717) is 24.7 Å². The summed E-state index contributed by atoms with van der Waals surface area (Å²) in [4.78, 5) is 21.0. The summed E-state index contributed by atoms with van der Waals surface area (Å²) < 4.78 is 7.30. The molecule has 7 heteroatoms. The Balaban J connectivity index is 1.40. The summed E-state index contributed by atoms with van der Waals surface area (Å²) in [5.41, 5.74) is 0.713. The van der Waals surface area contributed by atoms with Gasteiger partial charge in [-0.3, -0.25) is 9.69 Å². The number of rotatable bonds is 3. The molecule has 0 aromatic carbocycles. The van der Waals surface area contributed by atoms with E-state index in [1.54, 1.807) is 0 Å². The van der Waals surface area contributed by atoms with E-state index in [0.717, 1.165) is 18.8 Å². The molecule has 0 radical (unpaired) electrons. The number of hydrogen-bond donors (Lipinski definition) is 0. The van der Waals surface area contributed by atoms with Gasteiger partial charge in [-0.15, -0.1) is 0 Å². The van der Waals surface area contributed by atoms with Crippen LogP contribution in [0.15, 0.2) is 22.9 Å². The lowest BCUT2D eigenvalue weighted by Crippen LogP contribution is -2.49. The molecule has 4 heterocycles. The first-order chi connectivity index (χ1) is 11.1. The van der Waals surface area contributed by atoms with Crippen LogP contribution in [-0.2, 0) is 7.05 Å². The van der Waals surface area contributed by atoms with Crippen molar-refractivity contribution < 1.29 is 9.32 Å². The van der Waals surface area contributed by atoms with Crippen molar-refractivity contribution in [2.45, 2.75) is 24.8 Å². The normalized spacial score (nSPS) is 22.5. The fourth-order valence-corrected chi connectivity index (χ4v) is 3.42. The zero-order valence-electron chi connectivity index (χ0n) is 13.5. The van der Waals surface area contributed by atoms with E-state index in [2.05, 4.69) is 22.1 Å². The molecule has 0 N–H and O–H groups in total. The monoisotopic (exact) mass is 315 g/mol. The minimum absolute atomic E-state index is 0.0630. The second kappa shape index (κ2) is 5.49. The Morgan fingerprint density at radius 3 is 2.83 bits per heavy atom. The zero-order chi connectivity index (χ0) is 16.0. The first-order valence-corrected chi connectivity index (χ1v) is 8.08. The molecule has 2 fully saturated rings. The van der Waals surface area contributed by atoms with Gasteiger partial charge < -0.3 is 14.0 Å². The molecule has 2 aromatic rings. The molecule has 1 amide bonds. The first kappa shape index (κ1) is 14.4. The molecule has 7 nitrogen and oxygen atoms in total. The second-order valence-corrected chi connectivity index (χ2v) is 6.54. The van der Waals surface area contributed by atoms with Gasteiger partial charge in [-0.05, 0) is 38.6 Å². The predicted molar refractivity (Wildman–Crippen MR) is 83.0 cm³/mol. The molecule has 0 saturated carbocycles. The van der Waals surface area contributed by atoms with E-state index in [-0.39, 0.29) is 17.9 Å². The maximum absolute atomic E-state index is 12.4. The van der Waals surface area contributed by atoms with Crippen LogP contribution in [0.2, 0.25) is 0 Å². The van der Waals surface area contributed by atoms with Crippen molar-refractivity contribution >= 4 is 5.91 Å². The fourth-order valence-electron chi connectivity index (χ4n) is 3.42. The molecular weight excluding hydrogens is 294 g/mol. The van der Waals surface area contributed by atoms with Crippen molar-refractivity contribution in [3.05, 3.63) is 35.7 Å². The Bertz CT molecular complexity index is 716. The lowest BCUT2D eigenvalue weighted by molar-refractivity contribution is 0.0582. The summed E-state index contributed by atoms with van der Waals surface area (Å²) in [6.45, 7) is 2.39. The van der Waals surface area contributed by atoms with Gasteiger partial charge in [0, 0.05) is 26.3 Å². The number of carbonyl (C=O) groups is 1. The largest absolute Gasteiger partial charge is 0.347 e. The molecule has 23 heavy (non-hydrogen) atoms. The van der Waals surface area contributed by atoms with Gasteiger partial charge in [0.25, 0.3) is 5.91 Å². The maximum atomic E-state index is 12.4. The number of aromatic nitrogens is 3. The Morgan fingerprint density at radius 1 is 1.35 bits per heavy atom. The zero-order valence-corrected chi connectivity index (χ0v) is 13.5. The van der Waals surface area contributed by atoms with Gasteiger partial charge in [0.2, 0.25) is 5.89 Å². The Kier molecular flexibility index (Phi) is 3.45. The van der Waals surface area contributed by atoms with E-state index in [4.69, 9.17) is 4.52 Å². The van der Waals surface area contributed by atoms with Crippen molar-refractivity contribution in [2.24, 2.45) is 7.05 Å². The third-order valence-corrected chi connectivity index (χ3v) is 4.96. The quantitative estimate of drug-likeness (QED) is 0.857. The van der Waals surface area contributed by atoms with Crippen LogP contribution in [0.1, 0.15) is 47.0 Å². The molecule has 0 spiro atoms. The van der Waals surface area contributed by atoms with Crippen molar-refractivity contribution in [3.8, 4) is 0 Å². The molecule has 0 aliphatic carbocycles. The summed E-state index contributed by atoms with van der Waals surface area (Å²) in [6, 6.07) is 3.98. The van der Waals surface area contributed by atoms with Gasteiger partial charge in [0.1, 0.15) is 5.69 Å². The van der Waals surface area contributed by atoms with Crippen LogP contribution in [0.5, 0.6) is 0 Å². The molecular formula is C16H21N5O2. The third-order valence-electron chi connectivity index (χ3n) is 4.96. The highest BCUT2D eigenvalue weighted by Crippen LogP contribution is 2.32. The van der Waals surface area contributed by atoms with Crippen LogP contribution in [0.25, 0.3) is 0 Å². The summed E-state index contributed by atoms with van der Waals surface area (Å²) in [5.74, 6) is 1.69. The van der Waals surface area contributed by atoms with Crippen LogP contribution in [0.4, 0.5) is 0 Å². The van der Waals surface area contributed by atoms with Crippen molar-refractivity contribution in [1.82, 2.24) is 24.5 Å². The van der Waals surface area contributed by atoms with Gasteiger partial charge in [-0.1, -0.05) is 5.16 Å². The topological polar surface area (TPSA) is 67.4 Å². The molecule has 2 aliphatic rings. The summed E-state index contributed by atoms with van der Waals surface area (Å²) >= 11 is 0. The number of carbonyl (C=O) groups excluding carboxylic acids is 1. The lowest BCUT2D eigenvalue weighted by atomic mass is 9.99. The maximum Gasteiger partial charge on any atom is 0.270 e. The van der Waals surface area contributed by atoms with Crippen LogP contribution < -0.4 is 0 Å². The van der Waals surface area contributed by atoms with Crippen LogP contribution in [0.3, 0.4) is 0 Å². The number of nitrogens with zero attached hydrogens (tertiary/aromatic N) is 5. The highest BCUT2D eigenvalue weighted by Gasteiger charge is 2.37. The van der Waals surface area contributed by atoms with Gasteiger partial charge >= 0.3 is 0 Å². The molecule has 2 aromatic heterocycles. The summed E-state index contributed by atoms with van der Waals surface area (Å²) in [5, 5.41) is 4.14. The average molecular weight is 315 g/mol. The van der Waals surface area contributed by atoms with Crippen molar-refractivity contribution in [3.63, 3.8) is 0 Å². The highest BCUT2D eigenvalue weighted by molar-refractivity contribution is 5.93. The Labute approximate surface area is 134 Å². The van der Waals surface area contributed by atoms with E-state index >= 15 is 0 Å². The second-order valence-electron chi connectivity index (χ2n) is 6.54. The van der Waals surface area contributed by atoms with Crippen LogP contribution in [0, 0.1) is 0 Å². The molecule has 0 bridgehead atoms. The standard InChI is InChI=1S/C16H21N5O2/c1-19-7-3-5-12(19)15-17-14(18-23-15)11-9-21(10-11)16(22)13-6-4-8-20(13)2/h4,6,8,11-12H,3,5,7,9-10H2,1-2H3. The number of amides is 1. The molecule has 2 saturated heterocycles.